The lowest BCUT2D eigenvalue weighted by atomic mass is 10.1. The van der Waals surface area contributed by atoms with Gasteiger partial charge in [0.15, 0.2) is 0 Å². The van der Waals surface area contributed by atoms with Crippen LogP contribution in [0.25, 0.3) is 0 Å². The first kappa shape index (κ1) is 14.6. The van der Waals surface area contributed by atoms with Gasteiger partial charge in [-0.2, -0.15) is 0 Å². The van der Waals surface area contributed by atoms with Crippen LogP contribution in [0.3, 0.4) is 0 Å². The van der Waals surface area contributed by atoms with Crippen molar-refractivity contribution in [2.75, 3.05) is 16.0 Å². The Hall–Kier alpha value is -2.34. The number of carbonyl (C=O) groups excluding carboxylic acids is 2. The van der Waals surface area contributed by atoms with E-state index in [1.165, 1.54) is 0 Å². The van der Waals surface area contributed by atoms with Gasteiger partial charge in [0.05, 0.1) is 17.8 Å². The molecule has 2 aromatic carbocycles. The van der Waals surface area contributed by atoms with Crippen molar-refractivity contribution in [3.05, 3.63) is 53.0 Å². The van der Waals surface area contributed by atoms with Gasteiger partial charge < -0.3 is 16.0 Å². The first-order valence-electron chi connectivity index (χ1n) is 6.84. The normalized spacial score (nSPS) is 16.2. The Balaban J connectivity index is 1.66. The minimum Gasteiger partial charge on any atom is -0.372 e. The first-order valence-corrected chi connectivity index (χ1v) is 7.63. The molecule has 112 valence electrons. The predicted octanol–water partition coefficient (Wildman–Crippen LogP) is 3.21. The average Bonchev–Trinajstić information content (AvgIpc) is 2.48. The van der Waals surface area contributed by atoms with E-state index in [0.29, 0.717) is 5.69 Å². The Labute approximate surface area is 136 Å². The molecule has 0 saturated carbocycles. The Kier molecular flexibility index (Phi) is 4.11. The van der Waals surface area contributed by atoms with E-state index in [1.807, 2.05) is 42.5 Å². The third-order valence-electron chi connectivity index (χ3n) is 3.33. The van der Waals surface area contributed by atoms with Crippen LogP contribution < -0.4 is 16.0 Å². The highest BCUT2D eigenvalue weighted by molar-refractivity contribution is 9.10. The van der Waals surface area contributed by atoms with Crippen LogP contribution >= 0.6 is 15.9 Å². The second kappa shape index (κ2) is 6.19. The molecule has 1 heterocycles. The largest absolute Gasteiger partial charge is 0.372 e. The van der Waals surface area contributed by atoms with Crippen molar-refractivity contribution in [2.24, 2.45) is 0 Å². The molecule has 0 radical (unpaired) electrons. The van der Waals surface area contributed by atoms with E-state index >= 15 is 0 Å². The third kappa shape index (κ3) is 3.28. The summed E-state index contributed by atoms with van der Waals surface area (Å²) < 4.78 is 0.882. The topological polar surface area (TPSA) is 70.2 Å². The van der Waals surface area contributed by atoms with Gasteiger partial charge in [-0.3, -0.25) is 9.59 Å². The van der Waals surface area contributed by atoms with Gasteiger partial charge in [0, 0.05) is 10.2 Å². The number of anilines is 3. The van der Waals surface area contributed by atoms with Crippen LogP contribution in [-0.2, 0) is 9.59 Å². The van der Waals surface area contributed by atoms with Gasteiger partial charge >= 0.3 is 0 Å². The van der Waals surface area contributed by atoms with Gasteiger partial charge in [-0.25, -0.2) is 0 Å². The zero-order chi connectivity index (χ0) is 15.5. The van der Waals surface area contributed by atoms with Gasteiger partial charge in [-0.05, 0) is 30.3 Å². The molecule has 0 aliphatic carbocycles. The molecule has 2 amide bonds. The Morgan fingerprint density at radius 1 is 1.14 bits per heavy atom. The van der Waals surface area contributed by atoms with E-state index in [-0.39, 0.29) is 18.2 Å². The number of hydrogen-bond acceptors (Lipinski definition) is 3. The number of amides is 2. The van der Waals surface area contributed by atoms with Crippen LogP contribution in [-0.4, -0.2) is 17.9 Å². The van der Waals surface area contributed by atoms with Gasteiger partial charge in [0.2, 0.25) is 11.8 Å². The summed E-state index contributed by atoms with van der Waals surface area (Å²) in [5.74, 6) is -0.423. The molecule has 3 rings (SSSR count). The molecule has 1 atom stereocenters. The summed E-state index contributed by atoms with van der Waals surface area (Å²) in [5, 5.41) is 8.68. The van der Waals surface area contributed by atoms with Crippen molar-refractivity contribution in [3.8, 4) is 0 Å². The molecule has 5 nitrogen and oxygen atoms in total. The Bertz CT molecular complexity index is 733. The van der Waals surface area contributed by atoms with Gasteiger partial charge in [0.1, 0.15) is 6.04 Å². The zero-order valence-electron chi connectivity index (χ0n) is 11.6. The molecule has 0 bridgehead atoms. The summed E-state index contributed by atoms with van der Waals surface area (Å²) in [7, 11) is 0. The van der Waals surface area contributed by atoms with Crippen molar-refractivity contribution in [3.63, 3.8) is 0 Å². The molecule has 2 aromatic rings. The summed E-state index contributed by atoms with van der Waals surface area (Å²) >= 11 is 3.35. The molecule has 0 fully saturated rings. The summed E-state index contributed by atoms with van der Waals surface area (Å²) in [6.07, 6.45) is 0.0622. The number of hydrogen-bond donors (Lipinski definition) is 3. The van der Waals surface area contributed by atoms with E-state index in [4.69, 9.17) is 0 Å². The molecule has 1 aliphatic heterocycles. The maximum atomic E-state index is 12.1. The van der Waals surface area contributed by atoms with Gasteiger partial charge in [-0.1, -0.05) is 34.1 Å². The second-order valence-electron chi connectivity index (χ2n) is 4.99. The third-order valence-corrected chi connectivity index (χ3v) is 3.82. The Morgan fingerprint density at radius 2 is 1.91 bits per heavy atom. The first-order chi connectivity index (χ1) is 10.6. The van der Waals surface area contributed by atoms with Crippen LogP contribution in [0, 0.1) is 0 Å². The number of halogens is 1. The molecular weight excluding hydrogens is 346 g/mol. The van der Waals surface area contributed by atoms with E-state index in [2.05, 4.69) is 31.9 Å². The maximum Gasteiger partial charge on any atom is 0.247 e. The van der Waals surface area contributed by atoms with Crippen LogP contribution in [0.5, 0.6) is 0 Å². The van der Waals surface area contributed by atoms with Crippen LogP contribution in [0.15, 0.2) is 53.0 Å². The highest BCUT2D eigenvalue weighted by atomic mass is 79.9. The minimum absolute atomic E-state index is 0.0622. The van der Waals surface area contributed by atoms with Crippen LogP contribution in [0.4, 0.5) is 17.1 Å². The zero-order valence-corrected chi connectivity index (χ0v) is 13.2. The van der Waals surface area contributed by atoms with Crippen molar-refractivity contribution in [1.29, 1.82) is 0 Å². The molecule has 3 N–H and O–H groups in total. The number of para-hydroxylation sites is 2. The second-order valence-corrected chi connectivity index (χ2v) is 5.91. The number of benzene rings is 2. The van der Waals surface area contributed by atoms with Crippen LogP contribution in [0.1, 0.15) is 6.42 Å². The fourth-order valence-electron chi connectivity index (χ4n) is 2.30. The molecule has 0 spiro atoms. The average molecular weight is 360 g/mol. The molecule has 0 aromatic heterocycles. The molecule has 0 saturated heterocycles. The van der Waals surface area contributed by atoms with Gasteiger partial charge in [-0.15, -0.1) is 0 Å². The highest BCUT2D eigenvalue weighted by Gasteiger charge is 2.27. The van der Waals surface area contributed by atoms with Crippen molar-refractivity contribution in [2.45, 2.75) is 12.5 Å². The fourth-order valence-corrected chi connectivity index (χ4v) is 2.70. The van der Waals surface area contributed by atoms with Crippen LogP contribution in [0.2, 0.25) is 0 Å². The predicted molar refractivity (Wildman–Crippen MR) is 89.9 cm³/mol. The lowest BCUT2D eigenvalue weighted by Crippen LogP contribution is -2.41. The fraction of sp³-hybridized carbons (Fsp3) is 0.125. The highest BCUT2D eigenvalue weighted by Crippen LogP contribution is 2.26. The SMILES string of the molecule is O=C(CC1Nc2ccccc2NC1=O)Nc1cccc(Br)c1. The summed E-state index contributed by atoms with van der Waals surface area (Å²) in [5.41, 5.74) is 2.24. The van der Waals surface area contributed by atoms with E-state index < -0.39 is 6.04 Å². The lowest BCUT2D eigenvalue weighted by molar-refractivity contribution is -0.122. The number of nitrogens with one attached hydrogen (secondary N) is 3. The van der Waals surface area contributed by atoms with Crippen molar-refractivity contribution < 1.29 is 9.59 Å². The van der Waals surface area contributed by atoms with E-state index in [1.54, 1.807) is 6.07 Å². The maximum absolute atomic E-state index is 12.1. The summed E-state index contributed by atoms with van der Waals surface area (Å²) in [6, 6.07) is 14.1. The van der Waals surface area contributed by atoms with Crippen molar-refractivity contribution in [1.82, 2.24) is 0 Å². The smallest absolute Gasteiger partial charge is 0.247 e. The molecule has 22 heavy (non-hydrogen) atoms. The number of rotatable bonds is 3. The lowest BCUT2D eigenvalue weighted by Gasteiger charge is -2.26. The molecule has 6 heteroatoms. The summed E-state index contributed by atoms with van der Waals surface area (Å²) in [4.78, 5) is 24.1. The van der Waals surface area contributed by atoms with E-state index in [0.717, 1.165) is 15.8 Å². The standard InChI is InChI=1S/C16H14BrN3O2/c17-10-4-3-5-11(8-10)18-15(21)9-14-16(22)20-13-7-2-1-6-12(13)19-14/h1-8,14,19H,9H2,(H,18,21)(H,20,22). The quantitative estimate of drug-likeness (QED) is 0.787. The molecule has 1 aliphatic rings. The monoisotopic (exact) mass is 359 g/mol. The summed E-state index contributed by atoms with van der Waals surface area (Å²) in [6.45, 7) is 0. The number of fused-ring (bicyclic) bond motifs is 1. The van der Waals surface area contributed by atoms with Crippen molar-refractivity contribution >= 4 is 44.8 Å². The Morgan fingerprint density at radius 3 is 2.68 bits per heavy atom. The molecular formula is C16H14BrN3O2. The van der Waals surface area contributed by atoms with Gasteiger partial charge in [0.25, 0.3) is 0 Å². The molecule has 1 unspecified atom stereocenters. The number of carbonyl (C=O) groups is 2. The van der Waals surface area contributed by atoms with E-state index in [9.17, 15) is 9.59 Å². The minimum atomic E-state index is -0.581.